The first-order chi connectivity index (χ1) is 25.4. The summed E-state index contributed by atoms with van der Waals surface area (Å²) in [6, 6.07) is 9.56. The van der Waals surface area contributed by atoms with Crippen molar-refractivity contribution in [2.45, 2.75) is 135 Å². The zero-order valence-electron chi connectivity index (χ0n) is 33.6. The Kier molecular flexibility index (Phi) is 13.4. The van der Waals surface area contributed by atoms with Gasteiger partial charge in [0, 0.05) is 35.4 Å². The highest BCUT2D eigenvalue weighted by atomic mass is 16.7. The van der Waals surface area contributed by atoms with Crippen LogP contribution in [0.1, 0.15) is 80.2 Å². The molecule has 0 spiro atoms. The van der Waals surface area contributed by atoms with Gasteiger partial charge in [0.25, 0.3) is 0 Å². The van der Waals surface area contributed by atoms with Crippen molar-refractivity contribution in [1.29, 1.82) is 0 Å². The number of pyridine rings is 1. The van der Waals surface area contributed by atoms with E-state index in [0.29, 0.717) is 12.0 Å². The molecule has 1 aromatic heterocycles. The molecule has 3 aliphatic rings. The number of aromatic nitrogens is 1. The summed E-state index contributed by atoms with van der Waals surface area (Å²) in [5.74, 6) is -4.15. The number of aliphatic hydroxyl groups is 3. The van der Waals surface area contributed by atoms with E-state index in [1.807, 2.05) is 76.2 Å². The van der Waals surface area contributed by atoms with Crippen LogP contribution in [0.25, 0.3) is 17.0 Å². The lowest BCUT2D eigenvalue weighted by Crippen LogP contribution is -2.60. The van der Waals surface area contributed by atoms with Crippen molar-refractivity contribution >= 4 is 28.7 Å². The SMILES string of the molecule is CC[C@H]1OC(=O)[C@H](C)[C@@H](O)[C@H](C)[C@@H](O[C@@H]2O[C@H](C)C[C@H](N(C)C)[C@H]2O)[C@@]2(C)C[C@@H](C)C(=O)[C@H](C)[C@@H](OC/C(=C/c3cnc4ccccc4c3)CO2)[C@]1(C)O. The number of cyclic esters (lactones) is 1. The topological polar surface area (TPSA) is 157 Å². The number of esters is 1. The lowest BCUT2D eigenvalue weighted by molar-refractivity contribution is -0.303. The van der Waals surface area contributed by atoms with Crippen LogP contribution in [-0.4, -0.2) is 124 Å². The minimum atomic E-state index is -1.78. The first-order valence-electron chi connectivity index (χ1n) is 19.5. The van der Waals surface area contributed by atoms with Gasteiger partial charge < -0.3 is 43.9 Å². The first-order valence-corrected chi connectivity index (χ1v) is 19.5. The highest BCUT2D eigenvalue weighted by Crippen LogP contribution is 2.41. The molecule has 0 saturated carbocycles. The molecule has 14 atom stereocenters. The van der Waals surface area contributed by atoms with E-state index in [0.717, 1.165) is 16.5 Å². The number of ether oxygens (including phenoxy) is 5. The van der Waals surface area contributed by atoms with Crippen molar-refractivity contribution in [3.05, 3.63) is 47.7 Å². The second kappa shape index (κ2) is 17.1. The van der Waals surface area contributed by atoms with Crippen molar-refractivity contribution < 1.29 is 48.6 Å². The van der Waals surface area contributed by atoms with Crippen LogP contribution in [0.3, 0.4) is 0 Å². The summed E-state index contributed by atoms with van der Waals surface area (Å²) in [4.78, 5) is 34.8. The summed E-state index contributed by atoms with van der Waals surface area (Å²) in [7, 11) is 3.78. The second-order valence-electron chi connectivity index (χ2n) is 16.7. The van der Waals surface area contributed by atoms with Crippen molar-refractivity contribution in [3.63, 3.8) is 0 Å². The number of benzene rings is 1. The summed E-state index contributed by atoms with van der Waals surface area (Å²) in [6.45, 7) is 14.0. The maximum absolute atomic E-state index is 14.4. The molecule has 3 N–H and O–H groups in total. The number of para-hydroxylation sites is 1. The lowest BCUT2D eigenvalue weighted by atomic mass is 9.74. The minimum absolute atomic E-state index is 0.0211. The average Bonchev–Trinajstić information content (AvgIpc) is 3.14. The van der Waals surface area contributed by atoms with E-state index in [2.05, 4.69) is 4.98 Å². The normalized spacial score (nSPS) is 41.3. The second-order valence-corrected chi connectivity index (χ2v) is 16.7. The number of fused-ring (bicyclic) bond motifs is 6. The van der Waals surface area contributed by atoms with Crippen LogP contribution in [0.5, 0.6) is 0 Å². The molecule has 12 heteroatoms. The van der Waals surface area contributed by atoms with E-state index in [-0.39, 0.29) is 44.0 Å². The molecule has 1 aromatic carbocycles. The zero-order valence-corrected chi connectivity index (χ0v) is 33.6. The van der Waals surface area contributed by atoms with E-state index in [4.69, 9.17) is 23.7 Å². The summed E-state index contributed by atoms with van der Waals surface area (Å²) < 4.78 is 32.6. The molecule has 3 fully saturated rings. The quantitative estimate of drug-likeness (QED) is 0.367. The summed E-state index contributed by atoms with van der Waals surface area (Å²) in [5, 5.41) is 36.8. The van der Waals surface area contributed by atoms with Crippen LogP contribution in [0.4, 0.5) is 0 Å². The van der Waals surface area contributed by atoms with Gasteiger partial charge in [-0.15, -0.1) is 0 Å². The molecule has 2 bridgehead atoms. The van der Waals surface area contributed by atoms with Crippen LogP contribution < -0.4 is 0 Å². The Morgan fingerprint density at radius 3 is 2.41 bits per heavy atom. The number of hydrogen-bond acceptors (Lipinski definition) is 12. The van der Waals surface area contributed by atoms with Crippen LogP contribution in [0, 0.1) is 23.7 Å². The average molecular weight is 755 g/mol. The predicted octanol–water partition coefficient (Wildman–Crippen LogP) is 4.55. The van der Waals surface area contributed by atoms with Crippen LogP contribution in [-0.2, 0) is 33.3 Å². The monoisotopic (exact) mass is 754 g/mol. The number of carbonyl (C=O) groups excluding carboxylic acids is 2. The number of Topliss-reactive ketones (excluding diaryl/α,β-unsaturated/α-hetero) is 1. The van der Waals surface area contributed by atoms with Gasteiger partial charge in [0.05, 0.1) is 54.7 Å². The molecule has 3 aliphatic heterocycles. The molecule has 0 aliphatic carbocycles. The maximum atomic E-state index is 14.4. The molecular weight excluding hydrogens is 692 g/mol. The summed E-state index contributed by atoms with van der Waals surface area (Å²) >= 11 is 0. The lowest BCUT2D eigenvalue weighted by Gasteiger charge is -2.48. The Morgan fingerprint density at radius 2 is 1.72 bits per heavy atom. The van der Waals surface area contributed by atoms with Gasteiger partial charge in [-0.1, -0.05) is 45.9 Å². The molecule has 12 nitrogen and oxygen atoms in total. The van der Waals surface area contributed by atoms with Gasteiger partial charge in [-0.2, -0.15) is 0 Å². The molecule has 300 valence electrons. The Hall–Kier alpha value is -2.81. The highest BCUT2D eigenvalue weighted by molar-refractivity contribution is 5.84. The smallest absolute Gasteiger partial charge is 0.311 e. The molecular formula is C42H62N2O10. The van der Waals surface area contributed by atoms with Crippen LogP contribution >= 0.6 is 0 Å². The molecule has 0 unspecified atom stereocenters. The number of nitrogens with zero attached hydrogens (tertiary/aromatic N) is 2. The molecule has 5 rings (SSSR count). The number of hydrogen-bond donors (Lipinski definition) is 3. The third kappa shape index (κ3) is 8.92. The molecule has 4 heterocycles. The Labute approximate surface area is 320 Å². The number of likely N-dealkylation sites (N-methyl/N-ethyl adjacent to an activating group) is 1. The first kappa shape index (κ1) is 42.3. The van der Waals surface area contributed by atoms with E-state index < -0.39 is 77.7 Å². The van der Waals surface area contributed by atoms with Gasteiger partial charge >= 0.3 is 5.97 Å². The van der Waals surface area contributed by atoms with Gasteiger partial charge in [-0.3, -0.25) is 14.6 Å². The third-order valence-corrected chi connectivity index (χ3v) is 12.0. The number of aliphatic hydroxyl groups excluding tert-OH is 2. The van der Waals surface area contributed by atoms with Gasteiger partial charge in [-0.25, -0.2) is 0 Å². The summed E-state index contributed by atoms with van der Waals surface area (Å²) in [5.41, 5.74) is -0.712. The Bertz CT molecular complexity index is 1650. The van der Waals surface area contributed by atoms with E-state index >= 15 is 0 Å². The van der Waals surface area contributed by atoms with Crippen LogP contribution in [0.15, 0.2) is 42.1 Å². The zero-order chi connectivity index (χ0) is 39.7. The number of rotatable bonds is 5. The fraction of sp³-hybridized carbons (Fsp3) is 0.690. The minimum Gasteiger partial charge on any atom is -0.459 e. The molecule has 3 saturated heterocycles. The van der Waals surface area contributed by atoms with Gasteiger partial charge in [0.1, 0.15) is 23.6 Å². The van der Waals surface area contributed by atoms with Gasteiger partial charge in [0.15, 0.2) is 6.29 Å². The van der Waals surface area contributed by atoms with Gasteiger partial charge in [0.2, 0.25) is 0 Å². The standard InChI is InChI=1S/C42H62N2O10/c1-11-33-42(8,49)38-25(4)34(45)23(2)19-41(7,51-22-29(21-50-38)17-28-18-30-14-12-13-15-31(30)43-20-28)37(26(5)35(46)27(6)39(48)53-33)54-40-36(47)32(44(9)10)16-24(3)52-40/h12-15,17-18,20,23-27,32-33,35-38,40,46-47,49H,11,16,19,21-22H2,1-10H3/b29-17-/t23-,24-,25+,26+,27-,32+,33-,35+,36-,37-,38-,40+,41-,42-/m1/s1. The third-order valence-electron chi connectivity index (χ3n) is 12.0. The van der Waals surface area contributed by atoms with Gasteiger partial charge in [-0.05, 0) is 90.4 Å². The van der Waals surface area contributed by atoms with Crippen molar-refractivity contribution in [1.82, 2.24) is 9.88 Å². The van der Waals surface area contributed by atoms with E-state index in [1.54, 1.807) is 40.8 Å². The molecule has 2 aromatic rings. The molecule has 0 radical (unpaired) electrons. The van der Waals surface area contributed by atoms with E-state index in [9.17, 15) is 24.9 Å². The molecule has 54 heavy (non-hydrogen) atoms. The fourth-order valence-corrected chi connectivity index (χ4v) is 8.81. The van der Waals surface area contributed by atoms with Crippen molar-refractivity contribution in [2.75, 3.05) is 27.3 Å². The van der Waals surface area contributed by atoms with E-state index in [1.165, 1.54) is 0 Å². The Morgan fingerprint density at radius 1 is 1.02 bits per heavy atom. The Balaban J connectivity index is 1.68. The predicted molar refractivity (Wildman–Crippen MR) is 204 cm³/mol. The van der Waals surface area contributed by atoms with Crippen molar-refractivity contribution in [2.24, 2.45) is 23.7 Å². The summed E-state index contributed by atoms with van der Waals surface area (Å²) in [6.07, 6.45) is -2.15. The number of ketones is 1. The molecule has 0 amide bonds. The largest absolute Gasteiger partial charge is 0.459 e. The van der Waals surface area contributed by atoms with Crippen LogP contribution in [0.2, 0.25) is 0 Å². The maximum Gasteiger partial charge on any atom is 0.311 e. The highest BCUT2D eigenvalue weighted by Gasteiger charge is 2.53. The number of carbonyl (C=O) groups is 2. The van der Waals surface area contributed by atoms with Crippen molar-refractivity contribution in [3.8, 4) is 0 Å². The fourth-order valence-electron chi connectivity index (χ4n) is 8.81.